The summed E-state index contributed by atoms with van der Waals surface area (Å²) in [7, 11) is 0. The van der Waals surface area contributed by atoms with Gasteiger partial charge in [-0.2, -0.15) is 0 Å². The van der Waals surface area contributed by atoms with Gasteiger partial charge >= 0.3 is 6.01 Å². The molecule has 4 rings (SSSR count). The highest BCUT2D eigenvalue weighted by Gasteiger charge is 2.43. The molecule has 120 valence electrons. The fourth-order valence-corrected chi connectivity index (χ4v) is 3.47. The summed E-state index contributed by atoms with van der Waals surface area (Å²) >= 11 is 0. The Bertz CT molecular complexity index is 627. The molecule has 7 heteroatoms. The van der Waals surface area contributed by atoms with Gasteiger partial charge in [-0.15, -0.1) is 0 Å². The van der Waals surface area contributed by atoms with E-state index >= 15 is 0 Å². The van der Waals surface area contributed by atoms with E-state index in [1.165, 1.54) is 0 Å². The van der Waals surface area contributed by atoms with Crippen LogP contribution in [0.5, 0.6) is 6.01 Å². The molecule has 0 aromatic carbocycles. The minimum atomic E-state index is 0.149. The summed E-state index contributed by atoms with van der Waals surface area (Å²) < 4.78 is 11.8. The second-order valence-electron chi connectivity index (χ2n) is 5.82. The fraction of sp³-hybridized carbons (Fsp3) is 0.500. The average molecular weight is 313 g/mol. The Balaban J connectivity index is 1.43. The van der Waals surface area contributed by atoms with Crippen molar-refractivity contribution < 1.29 is 9.47 Å². The van der Waals surface area contributed by atoms with E-state index in [1.807, 2.05) is 6.07 Å². The molecule has 0 bridgehead atoms. The monoisotopic (exact) mass is 313 g/mol. The predicted octanol–water partition coefficient (Wildman–Crippen LogP) is 1.33. The molecule has 0 spiro atoms. The van der Waals surface area contributed by atoms with Crippen molar-refractivity contribution in [2.45, 2.75) is 25.0 Å². The number of hydrogen-bond acceptors (Lipinski definition) is 7. The highest BCUT2D eigenvalue weighted by molar-refractivity contribution is 5.33. The third-order valence-corrected chi connectivity index (χ3v) is 4.50. The van der Waals surface area contributed by atoms with Crippen molar-refractivity contribution in [3.05, 3.63) is 36.9 Å². The first kappa shape index (κ1) is 14.3. The Kier molecular flexibility index (Phi) is 4.02. The van der Waals surface area contributed by atoms with Crippen LogP contribution in [-0.2, 0) is 4.74 Å². The van der Waals surface area contributed by atoms with Crippen LogP contribution in [0.1, 0.15) is 12.8 Å². The summed E-state index contributed by atoms with van der Waals surface area (Å²) in [5.74, 6) is 1.13. The minimum Gasteiger partial charge on any atom is -0.463 e. The van der Waals surface area contributed by atoms with Crippen LogP contribution in [0.3, 0.4) is 0 Å². The maximum Gasteiger partial charge on any atom is 0.316 e. The molecule has 0 amide bonds. The molecule has 0 N–H and O–H groups in total. The molecule has 2 aliphatic rings. The molecule has 0 radical (unpaired) electrons. The molecule has 3 atom stereocenters. The van der Waals surface area contributed by atoms with Crippen LogP contribution in [0.25, 0.3) is 0 Å². The quantitative estimate of drug-likeness (QED) is 0.843. The van der Waals surface area contributed by atoms with E-state index in [9.17, 15) is 0 Å². The van der Waals surface area contributed by atoms with Gasteiger partial charge in [-0.25, -0.2) is 19.9 Å². The van der Waals surface area contributed by atoms with Crippen LogP contribution in [0.4, 0.5) is 5.95 Å². The highest BCUT2D eigenvalue weighted by Crippen LogP contribution is 2.36. The third kappa shape index (κ3) is 2.96. The first-order valence-corrected chi connectivity index (χ1v) is 7.97. The van der Waals surface area contributed by atoms with Gasteiger partial charge < -0.3 is 14.4 Å². The van der Waals surface area contributed by atoms with Gasteiger partial charge in [0, 0.05) is 37.3 Å². The van der Waals surface area contributed by atoms with Gasteiger partial charge in [0.25, 0.3) is 0 Å². The minimum absolute atomic E-state index is 0.149. The number of morpholine rings is 1. The van der Waals surface area contributed by atoms with Gasteiger partial charge in [-0.05, 0) is 25.0 Å². The Morgan fingerprint density at radius 3 is 2.57 bits per heavy atom. The number of anilines is 1. The zero-order valence-electron chi connectivity index (χ0n) is 12.8. The Labute approximate surface area is 134 Å². The Morgan fingerprint density at radius 2 is 1.78 bits per heavy atom. The van der Waals surface area contributed by atoms with Crippen molar-refractivity contribution in [2.75, 3.05) is 24.7 Å². The van der Waals surface area contributed by atoms with Gasteiger partial charge in [-0.3, -0.25) is 0 Å². The molecule has 1 aliphatic heterocycles. The van der Waals surface area contributed by atoms with Crippen molar-refractivity contribution in [1.29, 1.82) is 0 Å². The summed E-state index contributed by atoms with van der Waals surface area (Å²) in [6.07, 6.45) is 9.22. The number of nitrogens with zero attached hydrogens (tertiary/aromatic N) is 5. The molecular weight excluding hydrogens is 294 g/mol. The first-order chi connectivity index (χ1) is 11.4. The fourth-order valence-electron chi connectivity index (χ4n) is 3.47. The smallest absolute Gasteiger partial charge is 0.316 e. The number of aromatic nitrogens is 4. The first-order valence-electron chi connectivity index (χ1n) is 7.97. The Morgan fingerprint density at radius 1 is 1.04 bits per heavy atom. The lowest BCUT2D eigenvalue weighted by Gasteiger charge is -2.39. The largest absolute Gasteiger partial charge is 0.463 e. The molecule has 7 nitrogen and oxygen atoms in total. The predicted molar refractivity (Wildman–Crippen MR) is 83.2 cm³/mol. The lowest BCUT2D eigenvalue weighted by atomic mass is 10.0. The van der Waals surface area contributed by atoms with Crippen LogP contribution in [0, 0.1) is 5.92 Å². The lowest BCUT2D eigenvalue weighted by molar-refractivity contribution is -0.0137. The van der Waals surface area contributed by atoms with Crippen LogP contribution in [-0.4, -0.2) is 51.8 Å². The van der Waals surface area contributed by atoms with E-state index in [4.69, 9.17) is 9.47 Å². The summed E-state index contributed by atoms with van der Waals surface area (Å²) in [6.45, 7) is 2.10. The molecule has 2 fully saturated rings. The van der Waals surface area contributed by atoms with E-state index in [2.05, 4.69) is 24.8 Å². The summed E-state index contributed by atoms with van der Waals surface area (Å²) in [5, 5.41) is 0. The van der Waals surface area contributed by atoms with Crippen LogP contribution in [0.15, 0.2) is 36.9 Å². The van der Waals surface area contributed by atoms with Crippen molar-refractivity contribution in [2.24, 2.45) is 5.92 Å². The summed E-state index contributed by atoms with van der Waals surface area (Å²) in [4.78, 5) is 19.3. The zero-order valence-corrected chi connectivity index (χ0v) is 12.8. The van der Waals surface area contributed by atoms with Gasteiger partial charge in [0.2, 0.25) is 5.95 Å². The Hall–Kier alpha value is -2.28. The molecule has 23 heavy (non-hydrogen) atoms. The molecule has 2 aromatic rings. The number of ether oxygens (including phenoxy) is 2. The SMILES string of the molecule is c1cnc(OC[C@@H]2CC[C@H]3[C@@H]2OCCN3c2ncccn2)nc1. The number of hydrogen-bond donors (Lipinski definition) is 0. The van der Waals surface area contributed by atoms with Crippen LogP contribution >= 0.6 is 0 Å². The molecule has 0 unspecified atom stereocenters. The third-order valence-electron chi connectivity index (χ3n) is 4.50. The normalized spacial score (nSPS) is 26.8. The molecule has 1 saturated heterocycles. The molecule has 3 heterocycles. The van der Waals surface area contributed by atoms with Crippen LogP contribution < -0.4 is 9.64 Å². The van der Waals surface area contributed by atoms with E-state index in [0.29, 0.717) is 31.2 Å². The second kappa shape index (κ2) is 6.45. The zero-order chi connectivity index (χ0) is 15.5. The highest BCUT2D eigenvalue weighted by atomic mass is 16.5. The number of fused-ring (bicyclic) bond motifs is 1. The maximum absolute atomic E-state index is 6.04. The standard InChI is InChI=1S/C16H19N5O2/c1-5-17-15(18-6-1)21-9-10-22-14-12(3-4-13(14)21)11-23-16-19-7-2-8-20-16/h1-2,5-8,12-14H,3-4,9-11H2/t12-,13-,14+/m0/s1. The van der Waals surface area contributed by atoms with Crippen molar-refractivity contribution in [3.63, 3.8) is 0 Å². The second-order valence-corrected chi connectivity index (χ2v) is 5.82. The van der Waals surface area contributed by atoms with Gasteiger partial charge in [0.05, 0.1) is 25.4 Å². The van der Waals surface area contributed by atoms with E-state index in [1.54, 1.807) is 30.9 Å². The van der Waals surface area contributed by atoms with Crippen molar-refractivity contribution in [1.82, 2.24) is 19.9 Å². The average Bonchev–Trinajstić information content (AvgIpc) is 3.05. The molecule has 1 saturated carbocycles. The van der Waals surface area contributed by atoms with Gasteiger partial charge in [0.1, 0.15) is 0 Å². The van der Waals surface area contributed by atoms with Crippen molar-refractivity contribution >= 4 is 5.95 Å². The molecule has 2 aromatic heterocycles. The van der Waals surface area contributed by atoms with Crippen molar-refractivity contribution in [3.8, 4) is 6.01 Å². The van der Waals surface area contributed by atoms with E-state index in [-0.39, 0.29) is 6.10 Å². The topological polar surface area (TPSA) is 73.3 Å². The van der Waals surface area contributed by atoms with Crippen LogP contribution in [0.2, 0.25) is 0 Å². The molecular formula is C16H19N5O2. The van der Waals surface area contributed by atoms with Gasteiger partial charge in [-0.1, -0.05) is 0 Å². The molecule has 1 aliphatic carbocycles. The maximum atomic E-state index is 6.04. The van der Waals surface area contributed by atoms with Gasteiger partial charge in [0.15, 0.2) is 0 Å². The van der Waals surface area contributed by atoms with E-state index < -0.39 is 0 Å². The summed E-state index contributed by atoms with van der Waals surface area (Å²) in [5.41, 5.74) is 0. The lowest BCUT2D eigenvalue weighted by Crippen LogP contribution is -2.51. The summed E-state index contributed by atoms with van der Waals surface area (Å²) in [6, 6.07) is 4.36. The number of rotatable bonds is 4. The van der Waals surface area contributed by atoms with E-state index in [0.717, 1.165) is 25.3 Å².